The second-order valence-corrected chi connectivity index (χ2v) is 6.56. The number of carbonyl (C=O) groups excluding carboxylic acids is 2. The molecule has 2 rings (SSSR count). The molecule has 5 nitrogen and oxygen atoms in total. The molecule has 2 heterocycles. The number of aromatic carboxylic acids is 1. The molecule has 0 saturated carbocycles. The Kier molecular flexibility index (Phi) is 3.46. The summed E-state index contributed by atoms with van der Waals surface area (Å²) in [5.74, 6) is -1.73. The quantitative estimate of drug-likeness (QED) is 0.870. The molecule has 0 aliphatic carbocycles. The van der Waals surface area contributed by atoms with Crippen molar-refractivity contribution < 1.29 is 19.5 Å². The van der Waals surface area contributed by atoms with Crippen molar-refractivity contribution in [3.63, 3.8) is 0 Å². The van der Waals surface area contributed by atoms with Gasteiger partial charge in [0.2, 0.25) is 11.8 Å². The maximum absolute atomic E-state index is 12.6. The van der Waals surface area contributed by atoms with E-state index in [9.17, 15) is 19.5 Å². The lowest BCUT2D eigenvalue weighted by molar-refractivity contribution is -0.126. The van der Waals surface area contributed by atoms with Gasteiger partial charge in [0.05, 0.1) is 11.1 Å². The third kappa shape index (κ3) is 1.95. The van der Waals surface area contributed by atoms with Crippen molar-refractivity contribution in [3.05, 3.63) is 15.8 Å². The highest BCUT2D eigenvalue weighted by molar-refractivity contribution is 7.12. The zero-order chi connectivity index (χ0) is 15.2. The molecule has 0 aromatic carbocycles. The molecular weight excluding hydrogens is 278 g/mol. The summed E-state index contributed by atoms with van der Waals surface area (Å²) in [6.07, 6.45) is 0.123. The van der Waals surface area contributed by atoms with Gasteiger partial charge in [0.1, 0.15) is 4.88 Å². The van der Waals surface area contributed by atoms with Crippen molar-refractivity contribution in [1.29, 1.82) is 0 Å². The van der Waals surface area contributed by atoms with E-state index in [2.05, 4.69) is 0 Å². The van der Waals surface area contributed by atoms with E-state index in [0.717, 1.165) is 16.2 Å². The van der Waals surface area contributed by atoms with Gasteiger partial charge in [-0.05, 0) is 30.7 Å². The second-order valence-electron chi connectivity index (χ2n) is 5.68. The molecule has 108 valence electrons. The number of nitrogens with zero attached hydrogens (tertiary/aromatic N) is 1. The Hall–Kier alpha value is -1.69. The molecule has 1 aromatic heterocycles. The number of amides is 2. The molecule has 0 spiro atoms. The van der Waals surface area contributed by atoms with Gasteiger partial charge in [0.25, 0.3) is 0 Å². The average Bonchev–Trinajstić information content (AvgIpc) is 2.80. The molecule has 1 unspecified atom stereocenters. The Bertz CT molecular complexity index is 604. The molecule has 6 heteroatoms. The molecule has 1 aliphatic heterocycles. The molecule has 1 saturated heterocycles. The average molecular weight is 295 g/mol. The fraction of sp³-hybridized carbons (Fsp3) is 0.500. The first-order valence-electron chi connectivity index (χ1n) is 6.39. The number of rotatable bonds is 3. The lowest BCUT2D eigenvalue weighted by Crippen LogP contribution is -2.37. The Morgan fingerprint density at radius 1 is 1.45 bits per heavy atom. The van der Waals surface area contributed by atoms with Gasteiger partial charge in [-0.2, -0.15) is 0 Å². The molecule has 1 N–H and O–H groups in total. The molecular formula is C14H17NO4S. The van der Waals surface area contributed by atoms with Gasteiger partial charge in [0, 0.05) is 6.42 Å². The summed E-state index contributed by atoms with van der Waals surface area (Å²) < 4.78 is 0. The zero-order valence-electron chi connectivity index (χ0n) is 11.9. The van der Waals surface area contributed by atoms with Crippen LogP contribution in [0.3, 0.4) is 0 Å². The molecule has 20 heavy (non-hydrogen) atoms. The molecule has 1 aliphatic rings. The standard InChI is InChI=1S/C14H17NO4S/c1-7(2)14(4)5-9(16)15(13(14)19)10-8(3)6-20-11(10)12(17)18/h6-7H,5H2,1-4H3,(H,17,18). The largest absolute Gasteiger partial charge is 0.477 e. The zero-order valence-corrected chi connectivity index (χ0v) is 12.7. The number of carbonyl (C=O) groups is 3. The Balaban J connectivity index is 2.55. The summed E-state index contributed by atoms with van der Waals surface area (Å²) in [5, 5.41) is 10.9. The van der Waals surface area contributed by atoms with Crippen LogP contribution < -0.4 is 4.90 Å². The number of hydrogen-bond acceptors (Lipinski definition) is 4. The van der Waals surface area contributed by atoms with Gasteiger partial charge in [-0.25, -0.2) is 9.69 Å². The molecule has 1 atom stereocenters. The van der Waals surface area contributed by atoms with Crippen LogP contribution in [0.25, 0.3) is 0 Å². The highest BCUT2D eigenvalue weighted by Crippen LogP contribution is 2.44. The van der Waals surface area contributed by atoms with Crippen LogP contribution in [0.2, 0.25) is 0 Å². The van der Waals surface area contributed by atoms with E-state index in [4.69, 9.17) is 0 Å². The minimum atomic E-state index is -1.11. The Morgan fingerprint density at radius 3 is 2.50 bits per heavy atom. The topological polar surface area (TPSA) is 74.7 Å². The van der Waals surface area contributed by atoms with Crippen molar-refractivity contribution in [3.8, 4) is 0 Å². The summed E-state index contributed by atoms with van der Waals surface area (Å²) in [6.45, 7) is 7.27. The van der Waals surface area contributed by atoms with E-state index in [0.29, 0.717) is 5.56 Å². The summed E-state index contributed by atoms with van der Waals surface area (Å²) >= 11 is 1.04. The molecule has 0 bridgehead atoms. The van der Waals surface area contributed by atoms with E-state index in [1.54, 1.807) is 19.2 Å². The van der Waals surface area contributed by atoms with E-state index in [1.807, 2.05) is 13.8 Å². The van der Waals surface area contributed by atoms with E-state index < -0.39 is 11.4 Å². The molecule has 1 aromatic rings. The Labute approximate surface area is 121 Å². The fourth-order valence-electron chi connectivity index (χ4n) is 2.38. The minimum absolute atomic E-state index is 0.0103. The number of aryl methyl sites for hydroxylation is 1. The predicted octanol–water partition coefficient (Wildman–Crippen LogP) is 2.68. The molecule has 0 radical (unpaired) electrons. The van der Waals surface area contributed by atoms with Crippen molar-refractivity contribution in [1.82, 2.24) is 0 Å². The maximum atomic E-state index is 12.6. The fourth-order valence-corrected chi connectivity index (χ4v) is 3.25. The van der Waals surface area contributed by atoms with Crippen LogP contribution in [0.15, 0.2) is 5.38 Å². The van der Waals surface area contributed by atoms with E-state index in [-0.39, 0.29) is 34.7 Å². The lowest BCUT2D eigenvalue weighted by atomic mass is 9.78. The van der Waals surface area contributed by atoms with Crippen LogP contribution in [-0.2, 0) is 9.59 Å². The van der Waals surface area contributed by atoms with Gasteiger partial charge >= 0.3 is 5.97 Å². The van der Waals surface area contributed by atoms with Crippen LogP contribution in [0.1, 0.15) is 42.4 Å². The van der Waals surface area contributed by atoms with Crippen molar-refractivity contribution in [2.45, 2.75) is 34.1 Å². The normalized spacial score (nSPS) is 22.9. The predicted molar refractivity (Wildman–Crippen MR) is 76.1 cm³/mol. The highest BCUT2D eigenvalue weighted by atomic mass is 32.1. The van der Waals surface area contributed by atoms with Gasteiger partial charge in [-0.1, -0.05) is 13.8 Å². The maximum Gasteiger partial charge on any atom is 0.348 e. The van der Waals surface area contributed by atoms with Crippen molar-refractivity contribution in [2.75, 3.05) is 4.90 Å². The van der Waals surface area contributed by atoms with Gasteiger partial charge in [-0.3, -0.25) is 9.59 Å². The summed E-state index contributed by atoms with van der Waals surface area (Å²) in [5.41, 5.74) is 0.116. The number of thiophene rings is 1. The van der Waals surface area contributed by atoms with E-state index in [1.165, 1.54) is 0 Å². The summed E-state index contributed by atoms with van der Waals surface area (Å²) in [4.78, 5) is 37.2. The second kappa shape index (κ2) is 4.70. The number of imide groups is 1. The van der Waals surface area contributed by atoms with Crippen LogP contribution in [0.4, 0.5) is 5.69 Å². The first kappa shape index (κ1) is 14.7. The summed E-state index contributed by atoms with van der Waals surface area (Å²) in [7, 11) is 0. The number of anilines is 1. The van der Waals surface area contributed by atoms with Crippen LogP contribution in [0, 0.1) is 18.3 Å². The third-order valence-electron chi connectivity index (χ3n) is 4.09. The molecule has 2 amide bonds. The van der Waals surface area contributed by atoms with Gasteiger partial charge in [-0.15, -0.1) is 11.3 Å². The first-order valence-corrected chi connectivity index (χ1v) is 7.27. The minimum Gasteiger partial charge on any atom is -0.477 e. The van der Waals surface area contributed by atoms with E-state index >= 15 is 0 Å². The SMILES string of the molecule is Cc1csc(C(=O)O)c1N1C(=O)CC(C)(C(C)C)C1=O. The smallest absolute Gasteiger partial charge is 0.348 e. The van der Waals surface area contributed by atoms with Crippen LogP contribution >= 0.6 is 11.3 Å². The molecule has 1 fully saturated rings. The lowest BCUT2D eigenvalue weighted by Gasteiger charge is -2.26. The van der Waals surface area contributed by atoms with Crippen molar-refractivity contribution >= 4 is 34.8 Å². The summed E-state index contributed by atoms with van der Waals surface area (Å²) in [6, 6.07) is 0. The number of carboxylic acids is 1. The van der Waals surface area contributed by atoms with Crippen LogP contribution in [-0.4, -0.2) is 22.9 Å². The highest BCUT2D eigenvalue weighted by Gasteiger charge is 2.51. The van der Waals surface area contributed by atoms with Gasteiger partial charge < -0.3 is 5.11 Å². The number of hydrogen-bond donors (Lipinski definition) is 1. The first-order chi connectivity index (χ1) is 9.20. The van der Waals surface area contributed by atoms with Crippen LogP contribution in [0.5, 0.6) is 0 Å². The Morgan fingerprint density at radius 2 is 2.05 bits per heavy atom. The number of carboxylic acid groups (broad SMARTS) is 1. The monoisotopic (exact) mass is 295 g/mol. The third-order valence-corrected chi connectivity index (χ3v) is 5.17. The van der Waals surface area contributed by atoms with Crippen molar-refractivity contribution in [2.24, 2.45) is 11.3 Å². The van der Waals surface area contributed by atoms with Gasteiger partial charge in [0.15, 0.2) is 0 Å².